The van der Waals surface area contributed by atoms with Gasteiger partial charge in [0.2, 0.25) is 0 Å². The third-order valence-electron chi connectivity index (χ3n) is 2.92. The number of carbonyl (C=O) groups excluding carboxylic acids is 1. The Kier molecular flexibility index (Phi) is 4.49. The van der Waals surface area contributed by atoms with E-state index in [1.807, 2.05) is 0 Å². The van der Waals surface area contributed by atoms with E-state index in [0.29, 0.717) is 6.07 Å². The first-order valence-corrected chi connectivity index (χ1v) is 6.12. The number of nitrogens with zero attached hydrogens (tertiary/aromatic N) is 1. The van der Waals surface area contributed by atoms with Crippen LogP contribution in [0.5, 0.6) is 5.75 Å². The maximum Gasteiger partial charge on any atom is 0.273 e. The molecular formula is C14H9F3N2O4. The molecule has 0 unspecified atom stereocenters. The van der Waals surface area contributed by atoms with E-state index in [1.165, 1.54) is 13.2 Å². The van der Waals surface area contributed by atoms with Gasteiger partial charge < -0.3 is 10.1 Å². The standard InChI is InChI=1S/C14H9F3N2O4/c1-23-11-6-7(19(21)22)2-5-10(11)18-14(20)8-3-4-9(15)13(17)12(8)16/h2-6H,1H3,(H,18,20). The van der Waals surface area contributed by atoms with Crippen LogP contribution in [-0.4, -0.2) is 17.9 Å². The molecule has 0 atom stereocenters. The van der Waals surface area contributed by atoms with Gasteiger partial charge in [0, 0.05) is 6.07 Å². The molecule has 0 fully saturated rings. The van der Waals surface area contributed by atoms with Crippen molar-refractivity contribution in [1.82, 2.24) is 0 Å². The van der Waals surface area contributed by atoms with Crippen LogP contribution < -0.4 is 10.1 Å². The summed E-state index contributed by atoms with van der Waals surface area (Å²) < 4.78 is 44.5. The molecule has 0 bridgehead atoms. The second-order valence-corrected chi connectivity index (χ2v) is 4.32. The quantitative estimate of drug-likeness (QED) is 0.531. The van der Waals surface area contributed by atoms with Crippen molar-refractivity contribution in [3.63, 3.8) is 0 Å². The number of carbonyl (C=O) groups is 1. The lowest BCUT2D eigenvalue weighted by Gasteiger charge is -2.10. The molecule has 0 aromatic heterocycles. The van der Waals surface area contributed by atoms with Crippen LogP contribution in [0, 0.1) is 27.6 Å². The predicted octanol–water partition coefficient (Wildman–Crippen LogP) is 3.27. The fourth-order valence-electron chi connectivity index (χ4n) is 1.79. The molecule has 0 saturated heterocycles. The number of nitro groups is 1. The van der Waals surface area contributed by atoms with Gasteiger partial charge in [0.05, 0.1) is 29.4 Å². The van der Waals surface area contributed by atoms with Gasteiger partial charge in [-0.05, 0) is 18.2 Å². The number of ether oxygens (including phenoxy) is 1. The van der Waals surface area contributed by atoms with Crippen LogP contribution in [0.2, 0.25) is 0 Å². The molecule has 0 aliphatic heterocycles. The molecule has 1 amide bonds. The van der Waals surface area contributed by atoms with E-state index in [4.69, 9.17) is 4.74 Å². The molecule has 1 N–H and O–H groups in total. The van der Waals surface area contributed by atoms with Gasteiger partial charge in [-0.15, -0.1) is 0 Å². The number of methoxy groups -OCH3 is 1. The Morgan fingerprint density at radius 1 is 1.17 bits per heavy atom. The molecule has 2 rings (SSSR count). The Bertz CT molecular complexity index is 796. The SMILES string of the molecule is COc1cc([N+](=O)[O-])ccc1NC(=O)c1ccc(F)c(F)c1F. The minimum absolute atomic E-state index is 0.00670. The number of nitrogens with one attached hydrogen (secondary N) is 1. The van der Waals surface area contributed by atoms with Gasteiger partial charge >= 0.3 is 0 Å². The number of amides is 1. The highest BCUT2D eigenvalue weighted by atomic mass is 19.2. The number of hydrogen-bond donors (Lipinski definition) is 1. The highest BCUT2D eigenvalue weighted by Crippen LogP contribution is 2.29. The summed E-state index contributed by atoms with van der Waals surface area (Å²) in [6.07, 6.45) is 0. The van der Waals surface area contributed by atoms with E-state index < -0.39 is 33.8 Å². The average Bonchev–Trinajstić information content (AvgIpc) is 2.52. The molecular weight excluding hydrogens is 317 g/mol. The van der Waals surface area contributed by atoms with Crippen molar-refractivity contribution in [3.8, 4) is 5.75 Å². The molecule has 2 aromatic carbocycles. The smallest absolute Gasteiger partial charge is 0.273 e. The van der Waals surface area contributed by atoms with Crippen LogP contribution in [-0.2, 0) is 0 Å². The van der Waals surface area contributed by atoms with Gasteiger partial charge in [-0.1, -0.05) is 0 Å². The lowest BCUT2D eigenvalue weighted by molar-refractivity contribution is -0.384. The van der Waals surface area contributed by atoms with E-state index in [1.54, 1.807) is 0 Å². The van der Waals surface area contributed by atoms with Crippen molar-refractivity contribution in [2.45, 2.75) is 0 Å². The fourth-order valence-corrected chi connectivity index (χ4v) is 1.79. The molecule has 120 valence electrons. The summed E-state index contributed by atoms with van der Waals surface area (Å²) in [5.41, 5.74) is -0.990. The van der Waals surface area contributed by atoms with E-state index in [2.05, 4.69) is 5.32 Å². The summed E-state index contributed by atoms with van der Waals surface area (Å²) >= 11 is 0. The predicted molar refractivity (Wildman–Crippen MR) is 73.9 cm³/mol. The summed E-state index contributed by atoms with van der Waals surface area (Å²) in [5.74, 6) is -5.94. The topological polar surface area (TPSA) is 81.5 Å². The Hall–Kier alpha value is -3.10. The molecule has 6 nitrogen and oxygen atoms in total. The van der Waals surface area contributed by atoms with Crippen LogP contribution in [0.1, 0.15) is 10.4 Å². The van der Waals surface area contributed by atoms with Crippen molar-refractivity contribution >= 4 is 17.3 Å². The first-order chi connectivity index (χ1) is 10.8. The largest absolute Gasteiger partial charge is 0.494 e. The van der Waals surface area contributed by atoms with Crippen molar-refractivity contribution in [1.29, 1.82) is 0 Å². The monoisotopic (exact) mass is 326 g/mol. The molecule has 0 aliphatic carbocycles. The van der Waals surface area contributed by atoms with Crippen LogP contribution in [0.25, 0.3) is 0 Å². The van der Waals surface area contributed by atoms with E-state index in [-0.39, 0.29) is 17.1 Å². The zero-order valence-electron chi connectivity index (χ0n) is 11.6. The maximum atomic E-state index is 13.6. The highest BCUT2D eigenvalue weighted by Gasteiger charge is 2.20. The first-order valence-electron chi connectivity index (χ1n) is 6.12. The molecule has 0 radical (unpaired) electrons. The third-order valence-corrected chi connectivity index (χ3v) is 2.92. The van der Waals surface area contributed by atoms with Crippen LogP contribution in [0.3, 0.4) is 0 Å². The van der Waals surface area contributed by atoms with Gasteiger partial charge in [-0.25, -0.2) is 13.2 Å². The van der Waals surface area contributed by atoms with Gasteiger partial charge in [0.1, 0.15) is 5.75 Å². The van der Waals surface area contributed by atoms with Gasteiger partial charge in [-0.3, -0.25) is 14.9 Å². The summed E-state index contributed by atoms with van der Waals surface area (Å²) in [4.78, 5) is 22.0. The van der Waals surface area contributed by atoms with Crippen LogP contribution in [0.15, 0.2) is 30.3 Å². The van der Waals surface area contributed by atoms with E-state index >= 15 is 0 Å². The number of anilines is 1. The molecule has 0 heterocycles. The fraction of sp³-hybridized carbons (Fsp3) is 0.0714. The van der Waals surface area contributed by atoms with Gasteiger partial charge in [0.25, 0.3) is 11.6 Å². The van der Waals surface area contributed by atoms with Crippen LogP contribution >= 0.6 is 0 Å². The average molecular weight is 326 g/mol. The number of halogens is 3. The minimum Gasteiger partial charge on any atom is -0.494 e. The van der Waals surface area contributed by atoms with Crippen LogP contribution in [0.4, 0.5) is 24.5 Å². The zero-order chi connectivity index (χ0) is 17.1. The Morgan fingerprint density at radius 2 is 1.87 bits per heavy atom. The molecule has 2 aromatic rings. The van der Waals surface area contributed by atoms with E-state index in [0.717, 1.165) is 18.2 Å². The second-order valence-electron chi connectivity index (χ2n) is 4.32. The lowest BCUT2D eigenvalue weighted by Crippen LogP contribution is -2.15. The maximum absolute atomic E-state index is 13.6. The number of benzene rings is 2. The Balaban J connectivity index is 2.34. The molecule has 0 aliphatic rings. The first kappa shape index (κ1) is 16.3. The molecule has 23 heavy (non-hydrogen) atoms. The third kappa shape index (κ3) is 3.23. The molecule has 0 saturated carbocycles. The summed E-state index contributed by atoms with van der Waals surface area (Å²) in [6.45, 7) is 0. The van der Waals surface area contributed by atoms with Gasteiger partial charge in [-0.2, -0.15) is 0 Å². The van der Waals surface area contributed by atoms with Crippen molar-refractivity contribution < 1.29 is 27.6 Å². The second kappa shape index (κ2) is 6.34. The molecule has 9 heteroatoms. The van der Waals surface area contributed by atoms with Gasteiger partial charge in [0.15, 0.2) is 17.5 Å². The van der Waals surface area contributed by atoms with Crippen molar-refractivity contribution in [2.75, 3.05) is 12.4 Å². The number of rotatable bonds is 4. The normalized spacial score (nSPS) is 10.3. The summed E-state index contributed by atoms with van der Waals surface area (Å²) in [6, 6.07) is 4.71. The van der Waals surface area contributed by atoms with Crippen molar-refractivity contribution in [2.24, 2.45) is 0 Å². The summed E-state index contributed by atoms with van der Waals surface area (Å²) in [7, 11) is 1.22. The lowest BCUT2D eigenvalue weighted by atomic mass is 10.1. The number of hydrogen-bond acceptors (Lipinski definition) is 4. The number of non-ortho nitro benzene ring substituents is 1. The number of nitro benzene ring substituents is 1. The minimum atomic E-state index is -1.77. The highest BCUT2D eigenvalue weighted by molar-refractivity contribution is 6.05. The zero-order valence-corrected chi connectivity index (χ0v) is 11.6. The summed E-state index contributed by atoms with van der Waals surface area (Å²) in [5, 5.41) is 12.9. The van der Waals surface area contributed by atoms with E-state index in [9.17, 15) is 28.1 Å². The van der Waals surface area contributed by atoms with Crippen molar-refractivity contribution in [3.05, 3.63) is 63.5 Å². The Morgan fingerprint density at radius 3 is 2.48 bits per heavy atom. The Labute approximate surface area is 127 Å². The molecule has 0 spiro atoms.